The van der Waals surface area contributed by atoms with Crippen LogP contribution >= 0.6 is 0 Å². The van der Waals surface area contributed by atoms with Gasteiger partial charge in [0.05, 0.1) is 11.0 Å². The molecule has 2 rings (SSSR count). The summed E-state index contributed by atoms with van der Waals surface area (Å²) in [5.41, 5.74) is 2.66. The maximum absolute atomic E-state index is 13.3. The summed E-state index contributed by atoms with van der Waals surface area (Å²) in [6.07, 6.45) is 0. The minimum absolute atomic E-state index is 0.224. The summed E-state index contributed by atoms with van der Waals surface area (Å²) in [7, 11) is 0. The Hall–Kier alpha value is -2.27. The lowest BCUT2D eigenvalue weighted by molar-refractivity contribution is -0.385. The second kappa shape index (κ2) is 6.25. The minimum Gasteiger partial charge on any atom is -0.309 e. The van der Waals surface area contributed by atoms with Crippen LogP contribution in [0.2, 0.25) is 0 Å². The van der Waals surface area contributed by atoms with Crippen LogP contribution in [0.4, 0.5) is 10.1 Å². The highest BCUT2D eigenvalue weighted by atomic mass is 19.1. The first-order chi connectivity index (χ1) is 9.56. The lowest BCUT2D eigenvalue weighted by Gasteiger charge is -2.08. The molecule has 0 amide bonds. The van der Waals surface area contributed by atoms with E-state index in [4.69, 9.17) is 0 Å². The van der Waals surface area contributed by atoms with Gasteiger partial charge in [-0.2, -0.15) is 0 Å². The highest BCUT2D eigenvalue weighted by Crippen LogP contribution is 2.16. The molecule has 0 fully saturated rings. The maximum atomic E-state index is 13.3. The number of rotatable bonds is 5. The SMILES string of the molecule is Cc1ccccc1CNCc1cc(F)cc([N+](=O)[O-])c1. The van der Waals surface area contributed by atoms with Crippen molar-refractivity contribution in [2.45, 2.75) is 20.0 Å². The van der Waals surface area contributed by atoms with Crippen molar-refractivity contribution in [2.24, 2.45) is 0 Å². The van der Waals surface area contributed by atoms with E-state index < -0.39 is 10.7 Å². The van der Waals surface area contributed by atoms with E-state index in [2.05, 4.69) is 5.32 Å². The fourth-order valence-electron chi connectivity index (χ4n) is 1.99. The fourth-order valence-corrected chi connectivity index (χ4v) is 1.99. The number of nitro groups is 1. The molecule has 0 bridgehead atoms. The first-order valence-electron chi connectivity index (χ1n) is 6.25. The van der Waals surface area contributed by atoms with E-state index >= 15 is 0 Å². The normalized spacial score (nSPS) is 10.5. The van der Waals surface area contributed by atoms with Gasteiger partial charge in [0, 0.05) is 19.2 Å². The summed E-state index contributed by atoms with van der Waals surface area (Å²) in [6.45, 7) is 3.04. The van der Waals surface area contributed by atoms with Crippen molar-refractivity contribution in [3.8, 4) is 0 Å². The van der Waals surface area contributed by atoms with E-state index in [1.807, 2.05) is 31.2 Å². The Kier molecular flexibility index (Phi) is 4.42. The van der Waals surface area contributed by atoms with Crippen LogP contribution in [0, 0.1) is 22.9 Å². The number of hydrogen-bond acceptors (Lipinski definition) is 3. The van der Waals surface area contributed by atoms with Crippen LogP contribution in [-0.2, 0) is 13.1 Å². The molecule has 2 aromatic rings. The van der Waals surface area contributed by atoms with Crippen molar-refractivity contribution < 1.29 is 9.31 Å². The van der Waals surface area contributed by atoms with Crippen LogP contribution in [0.1, 0.15) is 16.7 Å². The van der Waals surface area contributed by atoms with Gasteiger partial charge in [-0.05, 0) is 29.7 Å². The van der Waals surface area contributed by atoms with Gasteiger partial charge in [-0.3, -0.25) is 10.1 Å². The van der Waals surface area contributed by atoms with E-state index in [9.17, 15) is 14.5 Å². The predicted octanol–water partition coefficient (Wildman–Crippen LogP) is 3.33. The van der Waals surface area contributed by atoms with Gasteiger partial charge in [0.1, 0.15) is 5.82 Å². The van der Waals surface area contributed by atoms with E-state index in [1.165, 1.54) is 17.7 Å². The monoisotopic (exact) mass is 274 g/mol. The Morgan fingerprint density at radius 1 is 1.20 bits per heavy atom. The maximum Gasteiger partial charge on any atom is 0.272 e. The van der Waals surface area contributed by atoms with Crippen molar-refractivity contribution >= 4 is 5.69 Å². The summed E-state index contributed by atoms with van der Waals surface area (Å²) < 4.78 is 13.3. The van der Waals surface area contributed by atoms with Crippen molar-refractivity contribution in [2.75, 3.05) is 0 Å². The summed E-state index contributed by atoms with van der Waals surface area (Å²) in [5.74, 6) is -0.591. The first-order valence-corrected chi connectivity index (χ1v) is 6.25. The van der Waals surface area contributed by atoms with Crippen LogP contribution in [-0.4, -0.2) is 4.92 Å². The Morgan fingerprint density at radius 3 is 2.65 bits per heavy atom. The quantitative estimate of drug-likeness (QED) is 0.672. The zero-order valence-electron chi connectivity index (χ0n) is 11.1. The number of nitro benzene ring substituents is 1. The van der Waals surface area contributed by atoms with Crippen LogP contribution in [0.25, 0.3) is 0 Å². The van der Waals surface area contributed by atoms with Gasteiger partial charge in [0.15, 0.2) is 0 Å². The highest BCUT2D eigenvalue weighted by Gasteiger charge is 2.09. The van der Waals surface area contributed by atoms with E-state index in [0.29, 0.717) is 18.7 Å². The van der Waals surface area contributed by atoms with Crippen LogP contribution in [0.15, 0.2) is 42.5 Å². The van der Waals surface area contributed by atoms with E-state index in [-0.39, 0.29) is 5.69 Å². The average molecular weight is 274 g/mol. The molecule has 0 atom stereocenters. The van der Waals surface area contributed by atoms with Gasteiger partial charge in [-0.1, -0.05) is 24.3 Å². The number of benzene rings is 2. The summed E-state index contributed by atoms with van der Waals surface area (Å²) >= 11 is 0. The van der Waals surface area contributed by atoms with Crippen molar-refractivity contribution in [1.82, 2.24) is 5.32 Å². The van der Waals surface area contributed by atoms with Crippen molar-refractivity contribution in [3.63, 3.8) is 0 Å². The fraction of sp³-hybridized carbons (Fsp3) is 0.200. The van der Waals surface area contributed by atoms with Crippen LogP contribution in [0.5, 0.6) is 0 Å². The number of nitrogens with one attached hydrogen (secondary N) is 1. The molecule has 0 saturated heterocycles. The summed E-state index contributed by atoms with van der Waals surface area (Å²) in [5, 5.41) is 13.8. The van der Waals surface area contributed by atoms with Crippen molar-refractivity contribution in [1.29, 1.82) is 0 Å². The smallest absolute Gasteiger partial charge is 0.272 e. The molecule has 5 heteroatoms. The lowest BCUT2D eigenvalue weighted by atomic mass is 10.1. The molecule has 0 aliphatic rings. The molecule has 0 heterocycles. The number of nitrogens with zero attached hydrogens (tertiary/aromatic N) is 1. The summed E-state index contributed by atoms with van der Waals surface area (Å²) in [6, 6.07) is 11.6. The second-order valence-electron chi connectivity index (χ2n) is 4.60. The molecule has 2 aromatic carbocycles. The molecule has 0 saturated carbocycles. The van der Waals surface area contributed by atoms with Gasteiger partial charge < -0.3 is 5.32 Å². The first kappa shape index (κ1) is 14.1. The third kappa shape index (κ3) is 3.61. The zero-order valence-corrected chi connectivity index (χ0v) is 11.1. The van der Waals surface area contributed by atoms with Gasteiger partial charge in [0.25, 0.3) is 5.69 Å². The largest absolute Gasteiger partial charge is 0.309 e. The Bertz CT molecular complexity index is 629. The molecule has 0 aliphatic carbocycles. The molecule has 0 aliphatic heterocycles. The number of aryl methyl sites for hydroxylation is 1. The second-order valence-corrected chi connectivity index (χ2v) is 4.60. The molecule has 0 spiro atoms. The molecule has 4 nitrogen and oxygen atoms in total. The standard InChI is InChI=1S/C15H15FN2O2/c1-11-4-2-3-5-13(11)10-17-9-12-6-14(16)8-15(7-12)18(19)20/h2-8,17H,9-10H2,1H3. The lowest BCUT2D eigenvalue weighted by Crippen LogP contribution is -2.13. The zero-order chi connectivity index (χ0) is 14.5. The third-order valence-corrected chi connectivity index (χ3v) is 3.06. The van der Waals surface area contributed by atoms with Crippen LogP contribution in [0.3, 0.4) is 0 Å². The molecule has 0 unspecified atom stereocenters. The Morgan fingerprint density at radius 2 is 1.95 bits per heavy atom. The van der Waals surface area contributed by atoms with E-state index in [0.717, 1.165) is 11.6 Å². The molecular weight excluding hydrogens is 259 g/mol. The van der Waals surface area contributed by atoms with Crippen molar-refractivity contribution in [3.05, 3.63) is 75.1 Å². The molecule has 0 aromatic heterocycles. The molecule has 1 N–H and O–H groups in total. The van der Waals surface area contributed by atoms with E-state index in [1.54, 1.807) is 0 Å². The topological polar surface area (TPSA) is 55.2 Å². The van der Waals surface area contributed by atoms with Gasteiger partial charge in [0.2, 0.25) is 0 Å². The molecule has 104 valence electrons. The number of non-ortho nitro benzene ring substituents is 1. The summed E-state index contributed by atoms with van der Waals surface area (Å²) in [4.78, 5) is 10.1. The third-order valence-electron chi connectivity index (χ3n) is 3.06. The Balaban J connectivity index is 2.01. The molecular formula is C15H15FN2O2. The molecule has 0 radical (unpaired) electrons. The average Bonchev–Trinajstić information content (AvgIpc) is 2.40. The Labute approximate surface area is 116 Å². The predicted molar refractivity (Wildman–Crippen MR) is 74.8 cm³/mol. The van der Waals surface area contributed by atoms with Gasteiger partial charge in [-0.15, -0.1) is 0 Å². The number of halogens is 1. The minimum atomic E-state index is -0.591. The van der Waals surface area contributed by atoms with Crippen LogP contribution < -0.4 is 5.32 Å². The highest BCUT2D eigenvalue weighted by molar-refractivity contribution is 5.35. The van der Waals surface area contributed by atoms with Gasteiger partial charge >= 0.3 is 0 Å². The number of hydrogen-bond donors (Lipinski definition) is 1. The van der Waals surface area contributed by atoms with Gasteiger partial charge in [-0.25, -0.2) is 4.39 Å². The molecule has 20 heavy (non-hydrogen) atoms.